The van der Waals surface area contributed by atoms with Crippen molar-refractivity contribution in [2.24, 2.45) is 0 Å². The van der Waals surface area contributed by atoms with Crippen LogP contribution in [0.3, 0.4) is 0 Å². The Bertz CT molecular complexity index is 916. The Morgan fingerprint density at radius 3 is 2.50 bits per heavy atom. The molecule has 0 unspecified atom stereocenters. The topological polar surface area (TPSA) is 54.9 Å². The second-order valence-corrected chi connectivity index (χ2v) is 8.39. The summed E-state index contributed by atoms with van der Waals surface area (Å²) in [4.78, 5) is 12.9. The Morgan fingerprint density at radius 2 is 1.68 bits per heavy atom. The Balaban J connectivity index is 1.43. The molecule has 0 spiro atoms. The number of hydrogen-bond acceptors (Lipinski definition) is 4. The minimum atomic E-state index is -0.102. The highest BCUT2D eigenvalue weighted by molar-refractivity contribution is 7.15. The lowest BCUT2D eigenvalue weighted by atomic mass is 9.90. The van der Waals surface area contributed by atoms with E-state index in [-0.39, 0.29) is 5.91 Å². The summed E-state index contributed by atoms with van der Waals surface area (Å²) in [5.74, 6) is 0.407. The van der Waals surface area contributed by atoms with Gasteiger partial charge in [0.05, 0.1) is 0 Å². The summed E-state index contributed by atoms with van der Waals surface area (Å²) in [5, 5.41) is 13.2. The third-order valence-corrected chi connectivity index (χ3v) is 6.40. The van der Waals surface area contributed by atoms with E-state index in [0.29, 0.717) is 16.6 Å². The van der Waals surface area contributed by atoms with Crippen molar-refractivity contribution in [2.75, 3.05) is 5.32 Å². The molecule has 0 atom stereocenters. The predicted molar refractivity (Wildman–Crippen MR) is 114 cm³/mol. The van der Waals surface area contributed by atoms with E-state index < -0.39 is 0 Å². The SMILES string of the molecule is O=C(Nc1nnc(C2CCCCC2)s1)c1ccccc1CCc1ccccc1. The molecule has 1 aliphatic carbocycles. The van der Waals surface area contributed by atoms with Gasteiger partial charge in [0, 0.05) is 11.5 Å². The van der Waals surface area contributed by atoms with Crippen LogP contribution in [0, 0.1) is 0 Å². The van der Waals surface area contributed by atoms with Crippen molar-refractivity contribution < 1.29 is 4.79 Å². The lowest BCUT2D eigenvalue weighted by Gasteiger charge is -2.18. The molecule has 28 heavy (non-hydrogen) atoms. The maximum Gasteiger partial charge on any atom is 0.257 e. The van der Waals surface area contributed by atoms with Gasteiger partial charge in [-0.3, -0.25) is 10.1 Å². The molecule has 1 amide bonds. The number of benzene rings is 2. The van der Waals surface area contributed by atoms with Gasteiger partial charge in [-0.1, -0.05) is 79.1 Å². The average Bonchev–Trinajstić information content (AvgIpc) is 3.22. The molecule has 0 saturated heterocycles. The number of rotatable bonds is 6. The van der Waals surface area contributed by atoms with Crippen molar-refractivity contribution >= 4 is 22.4 Å². The van der Waals surface area contributed by atoms with Crippen molar-refractivity contribution in [1.29, 1.82) is 0 Å². The fourth-order valence-electron chi connectivity index (χ4n) is 3.85. The van der Waals surface area contributed by atoms with Gasteiger partial charge in [0.25, 0.3) is 5.91 Å². The summed E-state index contributed by atoms with van der Waals surface area (Å²) in [6, 6.07) is 18.2. The lowest BCUT2D eigenvalue weighted by molar-refractivity contribution is 0.102. The van der Waals surface area contributed by atoms with Crippen molar-refractivity contribution in [1.82, 2.24) is 10.2 Å². The van der Waals surface area contributed by atoms with E-state index in [1.807, 2.05) is 42.5 Å². The molecule has 1 N–H and O–H groups in total. The van der Waals surface area contributed by atoms with Gasteiger partial charge in [-0.2, -0.15) is 0 Å². The molecule has 1 saturated carbocycles. The normalized spacial score (nSPS) is 14.7. The first-order valence-electron chi connectivity index (χ1n) is 10.1. The van der Waals surface area contributed by atoms with Gasteiger partial charge in [-0.15, -0.1) is 10.2 Å². The molecule has 144 valence electrons. The quantitative estimate of drug-likeness (QED) is 0.593. The molecule has 4 nitrogen and oxygen atoms in total. The molecule has 3 aromatic rings. The smallest absolute Gasteiger partial charge is 0.257 e. The fourth-order valence-corrected chi connectivity index (χ4v) is 4.76. The zero-order chi connectivity index (χ0) is 19.2. The van der Waals surface area contributed by atoms with Crippen LogP contribution >= 0.6 is 11.3 Å². The van der Waals surface area contributed by atoms with E-state index in [1.54, 1.807) is 0 Å². The summed E-state index contributed by atoms with van der Waals surface area (Å²) < 4.78 is 0. The summed E-state index contributed by atoms with van der Waals surface area (Å²) in [6.45, 7) is 0. The summed E-state index contributed by atoms with van der Waals surface area (Å²) in [6.07, 6.45) is 7.96. The van der Waals surface area contributed by atoms with Crippen LogP contribution in [0.1, 0.15) is 64.5 Å². The number of nitrogens with one attached hydrogen (secondary N) is 1. The molecular weight excluding hydrogens is 366 g/mol. The van der Waals surface area contributed by atoms with Crippen molar-refractivity contribution in [3.63, 3.8) is 0 Å². The fraction of sp³-hybridized carbons (Fsp3) is 0.348. The van der Waals surface area contributed by atoms with Gasteiger partial charge in [0.15, 0.2) is 0 Å². The summed E-state index contributed by atoms with van der Waals surface area (Å²) in [5.41, 5.74) is 3.05. The minimum Gasteiger partial charge on any atom is -0.296 e. The Kier molecular flexibility index (Phi) is 6.12. The van der Waals surface area contributed by atoms with Crippen LogP contribution in [0.4, 0.5) is 5.13 Å². The van der Waals surface area contributed by atoms with Crippen LogP contribution in [-0.2, 0) is 12.8 Å². The van der Waals surface area contributed by atoms with Crippen LogP contribution in [0.5, 0.6) is 0 Å². The van der Waals surface area contributed by atoms with Gasteiger partial charge in [0.1, 0.15) is 5.01 Å². The number of aryl methyl sites for hydroxylation is 2. The second-order valence-electron chi connectivity index (χ2n) is 7.38. The zero-order valence-corrected chi connectivity index (χ0v) is 16.8. The summed E-state index contributed by atoms with van der Waals surface area (Å²) >= 11 is 1.52. The largest absolute Gasteiger partial charge is 0.296 e. The average molecular weight is 392 g/mol. The van der Waals surface area contributed by atoms with Crippen LogP contribution < -0.4 is 5.32 Å². The molecule has 1 fully saturated rings. The molecule has 1 aromatic heterocycles. The molecule has 2 aromatic carbocycles. The molecule has 1 heterocycles. The third kappa shape index (κ3) is 4.65. The number of anilines is 1. The lowest BCUT2D eigenvalue weighted by Crippen LogP contribution is -2.14. The Labute approximate surface area is 170 Å². The maximum absolute atomic E-state index is 12.9. The Morgan fingerprint density at radius 1 is 0.929 bits per heavy atom. The van der Waals surface area contributed by atoms with Crippen LogP contribution in [0.2, 0.25) is 0 Å². The second kappa shape index (κ2) is 9.11. The first kappa shape index (κ1) is 18.8. The highest BCUT2D eigenvalue weighted by Gasteiger charge is 2.20. The monoisotopic (exact) mass is 391 g/mol. The first-order valence-corrected chi connectivity index (χ1v) is 10.9. The highest BCUT2D eigenvalue weighted by Crippen LogP contribution is 2.35. The zero-order valence-electron chi connectivity index (χ0n) is 15.9. The van der Waals surface area contributed by atoms with Gasteiger partial charge in [0.2, 0.25) is 5.13 Å². The molecule has 0 bridgehead atoms. The van der Waals surface area contributed by atoms with Crippen LogP contribution in [0.15, 0.2) is 54.6 Å². The molecule has 4 rings (SSSR count). The van der Waals surface area contributed by atoms with E-state index in [4.69, 9.17) is 0 Å². The number of carbonyl (C=O) groups excluding carboxylic acids is 1. The van der Waals surface area contributed by atoms with Crippen molar-refractivity contribution in [3.05, 3.63) is 76.3 Å². The van der Waals surface area contributed by atoms with E-state index in [0.717, 1.165) is 23.4 Å². The van der Waals surface area contributed by atoms with Gasteiger partial charge in [-0.05, 0) is 42.9 Å². The maximum atomic E-state index is 12.9. The number of carbonyl (C=O) groups is 1. The third-order valence-electron chi connectivity index (χ3n) is 5.40. The first-order chi connectivity index (χ1) is 13.8. The standard InChI is InChI=1S/C23H25N3OS/c27-21(24-23-26-25-22(28-23)19-12-5-2-6-13-19)20-14-8-7-11-18(20)16-15-17-9-3-1-4-10-17/h1,3-4,7-11,14,19H,2,5-6,12-13,15-16H2,(H,24,26,27). The number of amides is 1. The minimum absolute atomic E-state index is 0.102. The van der Waals surface area contributed by atoms with Gasteiger partial charge in [-0.25, -0.2) is 0 Å². The molecule has 0 radical (unpaired) electrons. The van der Waals surface area contributed by atoms with E-state index in [9.17, 15) is 4.79 Å². The molecule has 5 heteroatoms. The van der Waals surface area contributed by atoms with Crippen molar-refractivity contribution in [3.8, 4) is 0 Å². The number of aromatic nitrogens is 2. The number of nitrogens with zero attached hydrogens (tertiary/aromatic N) is 2. The number of hydrogen-bond donors (Lipinski definition) is 1. The van der Waals surface area contributed by atoms with Gasteiger partial charge >= 0.3 is 0 Å². The molecular formula is C23H25N3OS. The van der Waals surface area contributed by atoms with E-state index in [1.165, 1.54) is 49.0 Å². The highest BCUT2D eigenvalue weighted by atomic mass is 32.1. The van der Waals surface area contributed by atoms with Crippen LogP contribution in [-0.4, -0.2) is 16.1 Å². The Hall–Kier alpha value is -2.53. The van der Waals surface area contributed by atoms with E-state index >= 15 is 0 Å². The van der Waals surface area contributed by atoms with Gasteiger partial charge < -0.3 is 0 Å². The predicted octanol–water partition coefficient (Wildman–Crippen LogP) is 5.62. The molecule has 1 aliphatic rings. The van der Waals surface area contributed by atoms with E-state index in [2.05, 4.69) is 27.6 Å². The summed E-state index contributed by atoms with van der Waals surface area (Å²) in [7, 11) is 0. The molecule has 0 aliphatic heterocycles. The van der Waals surface area contributed by atoms with Crippen LogP contribution in [0.25, 0.3) is 0 Å². The van der Waals surface area contributed by atoms with Crippen molar-refractivity contribution in [2.45, 2.75) is 50.9 Å².